The zero-order valence-corrected chi connectivity index (χ0v) is 19.5. The number of amides is 2. The molecule has 8 nitrogen and oxygen atoms in total. The number of hydrogen-bond donors (Lipinski definition) is 4. The highest BCUT2D eigenvalue weighted by Gasteiger charge is 2.54. The number of alkyl halides is 3. The second kappa shape index (κ2) is 9.63. The molecule has 0 radical (unpaired) electrons. The fourth-order valence-electron chi connectivity index (χ4n) is 4.96. The van der Waals surface area contributed by atoms with Crippen molar-refractivity contribution < 1.29 is 27.5 Å². The van der Waals surface area contributed by atoms with Crippen molar-refractivity contribution in [2.45, 2.75) is 44.0 Å². The van der Waals surface area contributed by atoms with E-state index in [2.05, 4.69) is 15.6 Å². The lowest BCUT2D eigenvalue weighted by molar-refractivity contribution is -0.137. The van der Waals surface area contributed by atoms with Crippen LogP contribution in [0.15, 0.2) is 42.7 Å². The van der Waals surface area contributed by atoms with Crippen molar-refractivity contribution in [1.82, 2.24) is 15.6 Å². The molecule has 0 atom stereocenters. The molecular weight excluding hydrogens is 475 g/mol. The maximum Gasteiger partial charge on any atom is 0.416 e. The number of nitrogens with one attached hydrogen (secondary N) is 3. The van der Waals surface area contributed by atoms with Crippen LogP contribution < -0.4 is 21.1 Å². The standard InChI is InChI=1S/C25H26F3N5O3/c1-31-13-16(12-29)14-5-15(7-17(6-14)25(26,27)28)22(35)33-18-8-24(9-18)10-19(11-24)36-23-20(21(30)34)3-2-4-32-23/h2-7,12-13,18-19,29,31H,8-11H2,1H3,(H2,30,34)(H,33,35)/b16-13+,29-12?. The molecular formula is C25H26F3N5O3. The van der Waals surface area contributed by atoms with Gasteiger partial charge >= 0.3 is 6.18 Å². The predicted octanol–water partition coefficient (Wildman–Crippen LogP) is 3.53. The van der Waals surface area contributed by atoms with Gasteiger partial charge in [0.05, 0.1) is 5.56 Å². The number of ether oxygens (including phenoxy) is 1. The van der Waals surface area contributed by atoms with Crippen LogP contribution in [0.2, 0.25) is 0 Å². The monoisotopic (exact) mass is 501 g/mol. The van der Waals surface area contributed by atoms with Crippen LogP contribution >= 0.6 is 0 Å². The van der Waals surface area contributed by atoms with Crippen molar-refractivity contribution in [2.75, 3.05) is 7.05 Å². The molecule has 4 rings (SSSR count). The summed E-state index contributed by atoms with van der Waals surface area (Å²) in [6.45, 7) is 0. The van der Waals surface area contributed by atoms with Gasteiger partial charge in [-0.25, -0.2) is 4.98 Å². The molecule has 1 aromatic heterocycles. The second-order valence-electron chi connectivity index (χ2n) is 9.28. The molecule has 0 aliphatic heterocycles. The molecule has 2 aliphatic carbocycles. The van der Waals surface area contributed by atoms with Crippen molar-refractivity contribution in [2.24, 2.45) is 11.1 Å². The van der Waals surface area contributed by atoms with E-state index < -0.39 is 23.6 Å². The lowest BCUT2D eigenvalue weighted by Gasteiger charge is -2.57. The Hall–Kier alpha value is -3.89. The fourth-order valence-corrected chi connectivity index (χ4v) is 4.96. The highest BCUT2D eigenvalue weighted by atomic mass is 19.4. The Morgan fingerprint density at radius 2 is 1.89 bits per heavy atom. The van der Waals surface area contributed by atoms with E-state index in [9.17, 15) is 22.8 Å². The zero-order chi connectivity index (χ0) is 26.1. The third-order valence-corrected chi connectivity index (χ3v) is 6.64. The van der Waals surface area contributed by atoms with E-state index in [4.69, 9.17) is 15.9 Å². The van der Waals surface area contributed by atoms with Crippen molar-refractivity contribution in [3.05, 3.63) is 65.0 Å². The number of rotatable bonds is 8. The molecule has 2 aliphatic rings. The van der Waals surface area contributed by atoms with Gasteiger partial charge in [-0.3, -0.25) is 9.59 Å². The minimum atomic E-state index is -4.64. The first-order valence-electron chi connectivity index (χ1n) is 11.4. The largest absolute Gasteiger partial charge is 0.474 e. The lowest BCUT2D eigenvalue weighted by atomic mass is 9.53. The third-order valence-electron chi connectivity index (χ3n) is 6.64. The number of nitrogens with two attached hydrogens (primary N) is 1. The van der Waals surface area contributed by atoms with E-state index in [1.807, 2.05) is 0 Å². The molecule has 0 unspecified atom stereocenters. The first-order valence-corrected chi connectivity index (χ1v) is 11.4. The first kappa shape index (κ1) is 25.2. The van der Waals surface area contributed by atoms with Gasteiger partial charge in [0.15, 0.2) is 0 Å². The summed E-state index contributed by atoms with van der Waals surface area (Å²) in [5.74, 6) is -1.01. The van der Waals surface area contributed by atoms with Gasteiger partial charge < -0.3 is 26.5 Å². The zero-order valence-electron chi connectivity index (χ0n) is 19.5. The maximum absolute atomic E-state index is 13.5. The Bertz CT molecular complexity index is 1210. The molecule has 5 N–H and O–H groups in total. The quantitative estimate of drug-likeness (QED) is 0.411. The van der Waals surface area contributed by atoms with E-state index in [-0.39, 0.29) is 45.7 Å². The van der Waals surface area contributed by atoms with Crippen LogP contribution in [0.5, 0.6) is 5.88 Å². The molecule has 190 valence electrons. The van der Waals surface area contributed by atoms with Crippen molar-refractivity contribution in [3.63, 3.8) is 0 Å². The molecule has 2 amide bonds. The number of carbonyl (C=O) groups excluding carboxylic acids is 2. The van der Waals surface area contributed by atoms with Gasteiger partial charge in [0, 0.05) is 42.8 Å². The molecule has 2 fully saturated rings. The van der Waals surface area contributed by atoms with Gasteiger partial charge in [0.25, 0.3) is 11.8 Å². The summed E-state index contributed by atoms with van der Waals surface area (Å²) in [5.41, 5.74) is 4.83. The molecule has 0 bridgehead atoms. The maximum atomic E-state index is 13.5. The van der Waals surface area contributed by atoms with E-state index in [1.54, 1.807) is 19.2 Å². The predicted molar refractivity (Wildman–Crippen MR) is 127 cm³/mol. The minimum absolute atomic E-state index is 0.00780. The van der Waals surface area contributed by atoms with Crippen LogP contribution in [0.4, 0.5) is 13.2 Å². The average molecular weight is 502 g/mol. The van der Waals surface area contributed by atoms with Crippen LogP contribution in [0, 0.1) is 10.8 Å². The summed E-state index contributed by atoms with van der Waals surface area (Å²) in [4.78, 5) is 28.4. The van der Waals surface area contributed by atoms with Gasteiger partial charge in [0.1, 0.15) is 11.7 Å². The fraction of sp³-hybridized carbons (Fsp3) is 0.360. The molecule has 36 heavy (non-hydrogen) atoms. The number of primary amides is 1. The number of hydrogen-bond acceptors (Lipinski definition) is 6. The summed E-state index contributed by atoms with van der Waals surface area (Å²) < 4.78 is 46.2. The Balaban J connectivity index is 1.38. The first-order chi connectivity index (χ1) is 17.0. The van der Waals surface area contributed by atoms with Crippen molar-refractivity contribution in [3.8, 4) is 5.88 Å². The van der Waals surface area contributed by atoms with Crippen LogP contribution in [0.3, 0.4) is 0 Å². The van der Waals surface area contributed by atoms with E-state index >= 15 is 0 Å². The molecule has 0 saturated heterocycles. The topological polar surface area (TPSA) is 130 Å². The van der Waals surface area contributed by atoms with Crippen LogP contribution in [0.1, 0.15) is 57.5 Å². The number of aromatic nitrogens is 1. The van der Waals surface area contributed by atoms with E-state index in [0.717, 1.165) is 31.2 Å². The number of benzene rings is 1. The Labute approximate surface area is 205 Å². The number of nitrogens with zero attached hydrogens (tertiary/aromatic N) is 1. The van der Waals surface area contributed by atoms with E-state index in [0.29, 0.717) is 12.8 Å². The second-order valence-corrected chi connectivity index (χ2v) is 9.28. The van der Waals surface area contributed by atoms with Crippen LogP contribution in [-0.2, 0) is 6.18 Å². The highest BCUT2D eigenvalue weighted by Crippen LogP contribution is 2.56. The Morgan fingerprint density at radius 1 is 1.19 bits per heavy atom. The molecule has 1 aromatic carbocycles. The van der Waals surface area contributed by atoms with Crippen molar-refractivity contribution >= 4 is 23.6 Å². The SMILES string of the molecule is CN/C=C(\C=N)c1cc(C(=O)NC2CC3(C2)CC(Oc2ncccc2C(N)=O)C3)cc(C(F)(F)F)c1. The van der Waals surface area contributed by atoms with Gasteiger partial charge in [-0.1, -0.05) is 0 Å². The summed E-state index contributed by atoms with van der Waals surface area (Å²) in [6, 6.07) is 6.08. The highest BCUT2D eigenvalue weighted by molar-refractivity contribution is 6.09. The van der Waals surface area contributed by atoms with Gasteiger partial charge in [-0.05, 0) is 67.0 Å². The Morgan fingerprint density at radius 3 is 2.50 bits per heavy atom. The number of carbonyl (C=O) groups is 2. The summed E-state index contributed by atoms with van der Waals surface area (Å²) in [6.07, 6.45) is 1.88. The normalized spacial score (nSPS) is 23.3. The van der Waals surface area contributed by atoms with Crippen molar-refractivity contribution in [1.29, 1.82) is 5.41 Å². The molecule has 11 heteroatoms. The number of allylic oxidation sites excluding steroid dienone is 1. The average Bonchev–Trinajstić information content (AvgIpc) is 2.78. The number of halogens is 3. The Kier molecular flexibility index (Phi) is 6.75. The number of pyridine rings is 1. The summed E-state index contributed by atoms with van der Waals surface area (Å²) in [7, 11) is 1.57. The molecule has 2 saturated carbocycles. The third kappa shape index (κ3) is 5.19. The summed E-state index contributed by atoms with van der Waals surface area (Å²) in [5, 5.41) is 13.0. The van der Waals surface area contributed by atoms with Gasteiger partial charge in [-0.2, -0.15) is 13.2 Å². The van der Waals surface area contributed by atoms with Gasteiger partial charge in [-0.15, -0.1) is 0 Å². The summed E-state index contributed by atoms with van der Waals surface area (Å²) >= 11 is 0. The molecule has 2 aromatic rings. The van der Waals surface area contributed by atoms with Crippen LogP contribution in [-0.4, -0.2) is 42.2 Å². The molecule has 1 heterocycles. The molecule has 1 spiro atoms. The lowest BCUT2D eigenvalue weighted by Crippen LogP contribution is -2.58. The minimum Gasteiger partial charge on any atom is -0.474 e. The van der Waals surface area contributed by atoms with E-state index in [1.165, 1.54) is 18.5 Å². The van der Waals surface area contributed by atoms with Crippen LogP contribution in [0.25, 0.3) is 5.57 Å². The van der Waals surface area contributed by atoms with Gasteiger partial charge in [0.2, 0.25) is 5.88 Å². The smallest absolute Gasteiger partial charge is 0.416 e.